The van der Waals surface area contributed by atoms with Gasteiger partial charge in [-0.25, -0.2) is 5.43 Å². The van der Waals surface area contributed by atoms with E-state index in [9.17, 15) is 4.79 Å². The molecule has 0 aromatic heterocycles. The summed E-state index contributed by atoms with van der Waals surface area (Å²) in [6.45, 7) is 6.81. The Labute approximate surface area is 178 Å². The van der Waals surface area contributed by atoms with Crippen molar-refractivity contribution in [2.75, 3.05) is 46.9 Å². The second-order valence-electron chi connectivity index (χ2n) is 7.34. The quantitative estimate of drug-likeness (QED) is 0.535. The summed E-state index contributed by atoms with van der Waals surface area (Å²) in [5.74, 6) is 1.18. The zero-order valence-corrected chi connectivity index (χ0v) is 17.9. The number of nitrogens with zero attached hydrogens (tertiary/aromatic N) is 3. The van der Waals surface area contributed by atoms with E-state index in [1.165, 1.54) is 5.56 Å². The highest BCUT2D eigenvalue weighted by atomic mass is 16.5. The van der Waals surface area contributed by atoms with Crippen LogP contribution in [-0.4, -0.2) is 68.4 Å². The Bertz CT molecular complexity index is 862. The van der Waals surface area contributed by atoms with Gasteiger partial charge in [-0.3, -0.25) is 14.6 Å². The largest absolute Gasteiger partial charge is 0.493 e. The van der Waals surface area contributed by atoms with Crippen molar-refractivity contribution < 1.29 is 14.3 Å². The number of hydrazone groups is 1. The van der Waals surface area contributed by atoms with Crippen LogP contribution >= 0.6 is 0 Å². The van der Waals surface area contributed by atoms with Crippen molar-refractivity contribution in [2.45, 2.75) is 13.5 Å². The van der Waals surface area contributed by atoms with Gasteiger partial charge in [0.1, 0.15) is 0 Å². The van der Waals surface area contributed by atoms with Crippen LogP contribution in [0.3, 0.4) is 0 Å². The lowest BCUT2D eigenvalue weighted by Crippen LogP contribution is -2.48. The Hall–Kier alpha value is -2.90. The molecule has 1 N–H and O–H groups in total. The molecule has 1 heterocycles. The molecular formula is C23H30N4O3. The number of benzene rings is 2. The van der Waals surface area contributed by atoms with Crippen LogP contribution in [0.2, 0.25) is 0 Å². The molecule has 7 heteroatoms. The molecule has 1 aliphatic heterocycles. The first-order valence-corrected chi connectivity index (χ1v) is 10.1. The number of carbonyl (C=O) groups excluding carboxylic acids is 1. The van der Waals surface area contributed by atoms with Crippen LogP contribution in [0.4, 0.5) is 0 Å². The third-order valence-electron chi connectivity index (χ3n) is 5.23. The normalized spacial score (nSPS) is 15.6. The molecule has 30 heavy (non-hydrogen) atoms. The highest BCUT2D eigenvalue weighted by molar-refractivity contribution is 5.99. The highest BCUT2D eigenvalue weighted by Crippen LogP contribution is 2.27. The monoisotopic (exact) mass is 410 g/mol. The van der Waals surface area contributed by atoms with Crippen molar-refractivity contribution in [3.8, 4) is 11.5 Å². The number of methoxy groups -OCH3 is 2. The predicted molar refractivity (Wildman–Crippen MR) is 118 cm³/mol. The predicted octanol–water partition coefficient (Wildman–Crippen LogP) is 2.36. The summed E-state index contributed by atoms with van der Waals surface area (Å²) in [6, 6.07) is 16.0. The van der Waals surface area contributed by atoms with Crippen LogP contribution in [0.15, 0.2) is 53.6 Å². The van der Waals surface area contributed by atoms with Gasteiger partial charge < -0.3 is 9.47 Å². The lowest BCUT2D eigenvalue weighted by molar-refractivity contribution is -0.122. The van der Waals surface area contributed by atoms with E-state index in [0.717, 1.165) is 38.3 Å². The Morgan fingerprint density at radius 1 is 0.967 bits per heavy atom. The third-order valence-corrected chi connectivity index (χ3v) is 5.23. The van der Waals surface area contributed by atoms with E-state index in [-0.39, 0.29) is 5.91 Å². The minimum atomic E-state index is -0.105. The first-order valence-electron chi connectivity index (χ1n) is 10.1. The first kappa shape index (κ1) is 21.8. The lowest BCUT2D eigenvalue weighted by Gasteiger charge is -2.34. The maximum atomic E-state index is 12.3. The summed E-state index contributed by atoms with van der Waals surface area (Å²) in [7, 11) is 3.19. The summed E-state index contributed by atoms with van der Waals surface area (Å²) in [5.41, 5.74) is 5.56. The average molecular weight is 411 g/mol. The average Bonchev–Trinajstić information content (AvgIpc) is 2.79. The van der Waals surface area contributed by atoms with Gasteiger partial charge in [-0.2, -0.15) is 5.10 Å². The van der Waals surface area contributed by atoms with Gasteiger partial charge in [-0.15, -0.1) is 0 Å². The molecule has 0 bridgehead atoms. The molecule has 1 fully saturated rings. The fourth-order valence-corrected chi connectivity index (χ4v) is 3.46. The number of rotatable bonds is 8. The molecule has 160 valence electrons. The summed E-state index contributed by atoms with van der Waals surface area (Å²) < 4.78 is 10.6. The van der Waals surface area contributed by atoms with Crippen molar-refractivity contribution in [2.24, 2.45) is 5.10 Å². The standard InChI is InChI=1S/C23H30N4O3/c1-18(20-9-10-21(29-2)22(15-20)30-3)24-25-23(28)17-27-13-11-26(12-14-27)16-19-7-5-4-6-8-19/h4-10,15H,11-14,16-17H2,1-3H3,(H,25,28)/b24-18-. The number of piperazine rings is 1. The Morgan fingerprint density at radius 3 is 2.30 bits per heavy atom. The van der Waals surface area contributed by atoms with Crippen LogP contribution in [0.25, 0.3) is 0 Å². The fraction of sp³-hybridized carbons (Fsp3) is 0.391. The molecule has 0 aliphatic carbocycles. The molecule has 0 atom stereocenters. The van der Waals surface area contributed by atoms with Gasteiger partial charge in [0.05, 0.1) is 26.5 Å². The fourth-order valence-electron chi connectivity index (χ4n) is 3.46. The van der Waals surface area contributed by atoms with E-state index >= 15 is 0 Å². The smallest absolute Gasteiger partial charge is 0.254 e. The van der Waals surface area contributed by atoms with Crippen molar-refractivity contribution in [1.29, 1.82) is 0 Å². The maximum Gasteiger partial charge on any atom is 0.254 e. The molecule has 1 amide bonds. The molecule has 2 aromatic carbocycles. The maximum absolute atomic E-state index is 12.3. The summed E-state index contributed by atoms with van der Waals surface area (Å²) in [4.78, 5) is 16.9. The summed E-state index contributed by atoms with van der Waals surface area (Å²) in [6.07, 6.45) is 0. The number of nitrogens with one attached hydrogen (secondary N) is 1. The van der Waals surface area contributed by atoms with Gasteiger partial charge in [0.15, 0.2) is 11.5 Å². The van der Waals surface area contributed by atoms with Crippen molar-refractivity contribution in [3.63, 3.8) is 0 Å². The van der Waals surface area contributed by atoms with Gasteiger partial charge in [0, 0.05) is 38.3 Å². The van der Waals surface area contributed by atoms with E-state index in [1.807, 2.05) is 31.2 Å². The van der Waals surface area contributed by atoms with Crippen molar-refractivity contribution >= 4 is 11.6 Å². The van der Waals surface area contributed by atoms with Crippen LogP contribution in [0, 0.1) is 0 Å². The summed E-state index contributed by atoms with van der Waals surface area (Å²) in [5, 5.41) is 4.25. The van der Waals surface area contributed by atoms with Gasteiger partial charge in [0.2, 0.25) is 0 Å². The van der Waals surface area contributed by atoms with Crippen molar-refractivity contribution in [3.05, 3.63) is 59.7 Å². The number of carbonyl (C=O) groups is 1. The van der Waals surface area contributed by atoms with Gasteiger partial charge in [0.25, 0.3) is 5.91 Å². The van der Waals surface area contributed by atoms with Crippen LogP contribution in [0.5, 0.6) is 11.5 Å². The van der Waals surface area contributed by atoms with Gasteiger partial charge in [-0.1, -0.05) is 30.3 Å². The molecule has 0 unspecified atom stereocenters. The molecule has 7 nitrogen and oxygen atoms in total. The molecule has 1 saturated heterocycles. The Balaban J connectivity index is 1.45. The molecule has 0 radical (unpaired) electrons. The highest BCUT2D eigenvalue weighted by Gasteiger charge is 2.19. The first-order chi connectivity index (χ1) is 14.6. The number of ether oxygens (including phenoxy) is 2. The molecule has 0 spiro atoms. The number of hydrogen-bond acceptors (Lipinski definition) is 6. The Morgan fingerprint density at radius 2 is 1.63 bits per heavy atom. The zero-order valence-electron chi connectivity index (χ0n) is 17.9. The van der Waals surface area contributed by atoms with E-state index in [1.54, 1.807) is 14.2 Å². The molecule has 3 rings (SSSR count). The minimum Gasteiger partial charge on any atom is -0.493 e. The molecule has 0 saturated carbocycles. The van der Waals surface area contributed by atoms with E-state index in [4.69, 9.17) is 9.47 Å². The van der Waals surface area contributed by atoms with E-state index < -0.39 is 0 Å². The van der Waals surface area contributed by atoms with Crippen LogP contribution in [0.1, 0.15) is 18.1 Å². The molecule has 1 aliphatic rings. The lowest BCUT2D eigenvalue weighted by atomic mass is 10.1. The summed E-state index contributed by atoms with van der Waals surface area (Å²) >= 11 is 0. The topological polar surface area (TPSA) is 66.4 Å². The minimum absolute atomic E-state index is 0.105. The Kier molecular flexibility index (Phi) is 7.82. The van der Waals surface area contributed by atoms with Crippen LogP contribution in [-0.2, 0) is 11.3 Å². The van der Waals surface area contributed by atoms with Gasteiger partial charge >= 0.3 is 0 Å². The van der Waals surface area contributed by atoms with E-state index in [0.29, 0.717) is 23.8 Å². The number of amides is 1. The zero-order chi connectivity index (χ0) is 21.3. The van der Waals surface area contributed by atoms with E-state index in [2.05, 4.69) is 44.6 Å². The SMILES string of the molecule is COc1ccc(/C(C)=N\NC(=O)CN2CCN(Cc3ccccc3)CC2)cc1OC. The molecule has 2 aromatic rings. The van der Waals surface area contributed by atoms with Crippen LogP contribution < -0.4 is 14.9 Å². The molecular weight excluding hydrogens is 380 g/mol. The third kappa shape index (κ3) is 6.05. The second-order valence-corrected chi connectivity index (χ2v) is 7.34. The van der Waals surface area contributed by atoms with Gasteiger partial charge in [-0.05, 0) is 30.7 Å². The van der Waals surface area contributed by atoms with Crippen molar-refractivity contribution in [1.82, 2.24) is 15.2 Å². The second kappa shape index (κ2) is 10.8. The number of hydrogen-bond donors (Lipinski definition) is 1.